The summed E-state index contributed by atoms with van der Waals surface area (Å²) in [5.74, 6) is 1.06. The predicted octanol–water partition coefficient (Wildman–Crippen LogP) is 3.38. The second-order valence-corrected chi connectivity index (χ2v) is 4.16. The van der Waals surface area contributed by atoms with Crippen molar-refractivity contribution in [2.75, 3.05) is 0 Å². The molecule has 0 fully saturated rings. The van der Waals surface area contributed by atoms with Crippen LogP contribution >= 0.6 is 22.6 Å². The quantitative estimate of drug-likeness (QED) is 0.791. The van der Waals surface area contributed by atoms with Crippen LogP contribution in [0.5, 0.6) is 0 Å². The molecule has 2 aromatic rings. The fourth-order valence-corrected chi connectivity index (χ4v) is 1.93. The SMILES string of the molecule is CCCc1cc2cncc(I)c2o1. The number of hydrogen-bond acceptors (Lipinski definition) is 2. The minimum atomic E-state index is 0.971. The van der Waals surface area contributed by atoms with Gasteiger partial charge in [-0.1, -0.05) is 6.92 Å². The number of aryl methyl sites for hydroxylation is 1. The highest BCUT2D eigenvalue weighted by Gasteiger charge is 2.05. The summed E-state index contributed by atoms with van der Waals surface area (Å²) in [5.41, 5.74) is 0.971. The van der Waals surface area contributed by atoms with E-state index in [0.717, 1.165) is 33.1 Å². The van der Waals surface area contributed by atoms with E-state index in [1.54, 1.807) is 0 Å². The molecule has 2 nitrogen and oxygen atoms in total. The molecule has 0 amide bonds. The van der Waals surface area contributed by atoms with Gasteiger partial charge in [0, 0.05) is 24.2 Å². The molecule has 0 aromatic carbocycles. The summed E-state index contributed by atoms with van der Waals surface area (Å²) in [6, 6.07) is 2.08. The molecule has 0 radical (unpaired) electrons. The summed E-state index contributed by atoms with van der Waals surface area (Å²) in [6.07, 6.45) is 5.79. The molecule has 0 N–H and O–H groups in total. The largest absolute Gasteiger partial charge is 0.460 e. The van der Waals surface area contributed by atoms with Crippen LogP contribution in [0.3, 0.4) is 0 Å². The van der Waals surface area contributed by atoms with Crippen LogP contribution in [0.2, 0.25) is 0 Å². The Hall–Kier alpha value is -0.580. The van der Waals surface area contributed by atoms with Crippen LogP contribution in [0.15, 0.2) is 22.9 Å². The molecule has 0 aliphatic carbocycles. The van der Waals surface area contributed by atoms with Gasteiger partial charge in [-0.2, -0.15) is 0 Å². The molecule has 2 rings (SSSR count). The number of halogens is 1. The Morgan fingerprint density at radius 3 is 3.00 bits per heavy atom. The van der Waals surface area contributed by atoms with Crippen molar-refractivity contribution < 1.29 is 4.42 Å². The Labute approximate surface area is 90.5 Å². The van der Waals surface area contributed by atoms with Crippen LogP contribution in [0.1, 0.15) is 19.1 Å². The van der Waals surface area contributed by atoms with Crippen molar-refractivity contribution in [2.24, 2.45) is 0 Å². The molecule has 0 unspecified atom stereocenters. The Morgan fingerprint density at radius 2 is 2.31 bits per heavy atom. The maximum atomic E-state index is 5.69. The lowest BCUT2D eigenvalue weighted by Crippen LogP contribution is -1.75. The maximum Gasteiger partial charge on any atom is 0.150 e. The van der Waals surface area contributed by atoms with Crippen LogP contribution in [0, 0.1) is 3.57 Å². The molecular formula is C10H10INO. The third-order valence-corrected chi connectivity index (χ3v) is 2.70. The third-order valence-electron chi connectivity index (χ3n) is 1.93. The number of pyridine rings is 1. The Bertz CT molecular complexity index is 422. The molecule has 2 heterocycles. The lowest BCUT2D eigenvalue weighted by Gasteiger charge is -1.90. The summed E-state index contributed by atoms with van der Waals surface area (Å²) >= 11 is 2.24. The first-order valence-corrected chi connectivity index (χ1v) is 5.41. The lowest BCUT2D eigenvalue weighted by atomic mass is 10.2. The zero-order chi connectivity index (χ0) is 9.26. The standard InChI is InChI=1S/C10H10INO/c1-2-3-8-4-7-5-12-6-9(11)10(7)13-8/h4-6H,2-3H2,1H3. The number of fused-ring (bicyclic) bond motifs is 1. The fraction of sp³-hybridized carbons (Fsp3) is 0.300. The highest BCUT2D eigenvalue weighted by molar-refractivity contribution is 14.1. The molecule has 68 valence electrons. The predicted molar refractivity (Wildman–Crippen MR) is 60.7 cm³/mol. The van der Waals surface area contributed by atoms with Crippen molar-refractivity contribution in [3.05, 3.63) is 27.8 Å². The van der Waals surface area contributed by atoms with E-state index < -0.39 is 0 Å². The summed E-state index contributed by atoms with van der Waals surface area (Å²) in [6.45, 7) is 2.15. The second kappa shape index (κ2) is 3.65. The van der Waals surface area contributed by atoms with Crippen molar-refractivity contribution in [1.82, 2.24) is 4.98 Å². The van der Waals surface area contributed by atoms with Gasteiger partial charge >= 0.3 is 0 Å². The van der Waals surface area contributed by atoms with E-state index in [0.29, 0.717) is 0 Å². The molecule has 13 heavy (non-hydrogen) atoms. The van der Waals surface area contributed by atoms with Crippen molar-refractivity contribution in [3.8, 4) is 0 Å². The summed E-state index contributed by atoms with van der Waals surface area (Å²) < 4.78 is 6.77. The Balaban J connectivity index is 2.55. The average Bonchev–Trinajstić information content (AvgIpc) is 2.49. The van der Waals surface area contributed by atoms with Gasteiger partial charge in [0.05, 0.1) is 3.57 Å². The number of furan rings is 1. The minimum absolute atomic E-state index is 0.971. The first-order valence-electron chi connectivity index (χ1n) is 4.33. The zero-order valence-electron chi connectivity index (χ0n) is 7.38. The lowest BCUT2D eigenvalue weighted by molar-refractivity contribution is 0.543. The third kappa shape index (κ3) is 1.70. The molecule has 0 atom stereocenters. The summed E-state index contributed by atoms with van der Waals surface area (Å²) in [5, 5.41) is 1.11. The number of rotatable bonds is 2. The first-order chi connectivity index (χ1) is 6.31. The molecule has 2 aromatic heterocycles. The Kier molecular flexibility index (Phi) is 2.53. The van der Waals surface area contributed by atoms with Crippen molar-refractivity contribution in [1.29, 1.82) is 0 Å². The van der Waals surface area contributed by atoms with Gasteiger partial charge in [-0.15, -0.1) is 0 Å². The van der Waals surface area contributed by atoms with Gasteiger partial charge in [0.15, 0.2) is 5.58 Å². The van der Waals surface area contributed by atoms with Gasteiger partial charge in [-0.05, 0) is 35.1 Å². The van der Waals surface area contributed by atoms with Crippen molar-refractivity contribution >= 4 is 33.6 Å². The van der Waals surface area contributed by atoms with Crippen LogP contribution in [-0.2, 0) is 6.42 Å². The van der Waals surface area contributed by atoms with E-state index in [1.807, 2.05) is 12.4 Å². The monoisotopic (exact) mass is 287 g/mol. The smallest absolute Gasteiger partial charge is 0.150 e. The van der Waals surface area contributed by atoms with E-state index in [4.69, 9.17) is 4.42 Å². The van der Waals surface area contributed by atoms with Crippen LogP contribution in [-0.4, -0.2) is 4.98 Å². The highest BCUT2D eigenvalue weighted by atomic mass is 127. The topological polar surface area (TPSA) is 26.0 Å². The van der Waals surface area contributed by atoms with Crippen molar-refractivity contribution in [3.63, 3.8) is 0 Å². The highest BCUT2D eigenvalue weighted by Crippen LogP contribution is 2.23. The summed E-state index contributed by atoms with van der Waals surface area (Å²) in [4.78, 5) is 4.12. The van der Waals surface area contributed by atoms with Gasteiger partial charge in [0.1, 0.15) is 5.76 Å². The van der Waals surface area contributed by atoms with E-state index in [1.165, 1.54) is 0 Å². The molecule has 0 bridgehead atoms. The van der Waals surface area contributed by atoms with Gasteiger partial charge in [0.25, 0.3) is 0 Å². The van der Waals surface area contributed by atoms with Crippen LogP contribution in [0.25, 0.3) is 11.0 Å². The van der Waals surface area contributed by atoms with E-state index in [-0.39, 0.29) is 0 Å². The van der Waals surface area contributed by atoms with E-state index in [9.17, 15) is 0 Å². The molecule has 0 saturated carbocycles. The van der Waals surface area contributed by atoms with E-state index in [2.05, 4.69) is 40.6 Å². The van der Waals surface area contributed by atoms with Crippen LogP contribution in [0.4, 0.5) is 0 Å². The molecule has 0 saturated heterocycles. The molecule has 0 spiro atoms. The maximum absolute atomic E-state index is 5.69. The molecule has 0 aliphatic heterocycles. The first kappa shape index (κ1) is 8.99. The number of nitrogens with zero attached hydrogens (tertiary/aromatic N) is 1. The van der Waals surface area contributed by atoms with Gasteiger partial charge in [-0.3, -0.25) is 4.98 Å². The summed E-state index contributed by atoms with van der Waals surface area (Å²) in [7, 11) is 0. The van der Waals surface area contributed by atoms with Gasteiger partial charge in [-0.25, -0.2) is 0 Å². The number of aromatic nitrogens is 1. The Morgan fingerprint density at radius 1 is 1.46 bits per heavy atom. The van der Waals surface area contributed by atoms with Crippen LogP contribution < -0.4 is 0 Å². The van der Waals surface area contributed by atoms with Gasteiger partial charge in [0.2, 0.25) is 0 Å². The average molecular weight is 287 g/mol. The second-order valence-electron chi connectivity index (χ2n) is 3.00. The minimum Gasteiger partial charge on any atom is -0.460 e. The zero-order valence-corrected chi connectivity index (χ0v) is 9.54. The normalized spacial score (nSPS) is 10.9. The molecule has 0 aliphatic rings. The van der Waals surface area contributed by atoms with Crippen molar-refractivity contribution in [2.45, 2.75) is 19.8 Å². The molecular weight excluding hydrogens is 277 g/mol. The van der Waals surface area contributed by atoms with Gasteiger partial charge < -0.3 is 4.42 Å². The fourth-order valence-electron chi connectivity index (χ4n) is 1.35. The number of hydrogen-bond donors (Lipinski definition) is 0. The van der Waals surface area contributed by atoms with E-state index >= 15 is 0 Å². The molecule has 3 heteroatoms.